The minimum Gasteiger partial charge on any atom is -0.403 e. The van der Waals surface area contributed by atoms with E-state index in [-0.39, 0.29) is 6.07 Å². The van der Waals surface area contributed by atoms with Crippen molar-refractivity contribution in [3.8, 4) is 5.75 Å². The normalized spacial score (nSPS) is 11.6. The van der Waals surface area contributed by atoms with Crippen LogP contribution in [0.3, 0.4) is 0 Å². The van der Waals surface area contributed by atoms with Crippen molar-refractivity contribution in [2.75, 3.05) is 0 Å². The monoisotopic (exact) mass is 232 g/mol. The predicted octanol–water partition coefficient (Wildman–Crippen LogP) is 3.52. The molecule has 1 aromatic carbocycles. The Morgan fingerprint density at radius 1 is 1.07 bits per heavy atom. The van der Waals surface area contributed by atoms with Crippen LogP contribution in [0.25, 0.3) is 0 Å². The van der Waals surface area contributed by atoms with Crippen molar-refractivity contribution >= 4 is 11.6 Å². The lowest BCUT2D eigenvalue weighted by Gasteiger charge is -2.09. The Kier molecular flexibility index (Phi) is 2.84. The van der Waals surface area contributed by atoms with Gasteiger partial charge < -0.3 is 4.74 Å². The van der Waals surface area contributed by atoms with Crippen LogP contribution in [0.2, 0.25) is 5.02 Å². The van der Waals surface area contributed by atoms with Gasteiger partial charge in [0, 0.05) is 12.1 Å². The first-order valence-electron chi connectivity index (χ1n) is 3.20. The van der Waals surface area contributed by atoms with Crippen molar-refractivity contribution in [2.24, 2.45) is 0 Å². The standard InChI is InChI=1S/C7H2ClF5O/c8-3-1-6(14-7(11,12)13)5(10)2-4(3)9/h1-2H. The molecule has 0 radical (unpaired) electrons. The van der Waals surface area contributed by atoms with Crippen LogP contribution in [-0.2, 0) is 0 Å². The molecule has 0 spiro atoms. The van der Waals surface area contributed by atoms with Gasteiger partial charge in [0.15, 0.2) is 11.6 Å². The van der Waals surface area contributed by atoms with Crippen LogP contribution < -0.4 is 4.74 Å². The maximum atomic E-state index is 12.6. The zero-order chi connectivity index (χ0) is 10.9. The molecular weight excluding hydrogens is 231 g/mol. The minimum absolute atomic E-state index is 0.212. The van der Waals surface area contributed by atoms with Gasteiger partial charge in [0.05, 0.1) is 5.02 Å². The fourth-order valence-corrected chi connectivity index (χ4v) is 0.861. The molecule has 0 heterocycles. The van der Waals surface area contributed by atoms with Crippen LogP contribution in [0.5, 0.6) is 5.75 Å². The number of halogens is 6. The molecule has 1 nitrogen and oxygen atoms in total. The molecule has 0 aliphatic carbocycles. The molecule has 14 heavy (non-hydrogen) atoms. The summed E-state index contributed by atoms with van der Waals surface area (Å²) < 4.78 is 63.2. The van der Waals surface area contributed by atoms with E-state index in [0.29, 0.717) is 6.07 Å². The highest BCUT2D eigenvalue weighted by atomic mass is 35.5. The lowest BCUT2D eigenvalue weighted by atomic mass is 10.3. The second-order valence-electron chi connectivity index (χ2n) is 2.24. The molecule has 78 valence electrons. The van der Waals surface area contributed by atoms with Gasteiger partial charge in [0.1, 0.15) is 5.82 Å². The fraction of sp³-hybridized carbons (Fsp3) is 0.143. The van der Waals surface area contributed by atoms with Crippen molar-refractivity contribution in [3.63, 3.8) is 0 Å². The first-order chi connectivity index (χ1) is 6.29. The Labute approximate surface area is 80.0 Å². The van der Waals surface area contributed by atoms with Crippen molar-refractivity contribution in [2.45, 2.75) is 6.36 Å². The Morgan fingerprint density at radius 2 is 1.64 bits per heavy atom. The molecule has 0 amide bonds. The second kappa shape index (κ2) is 3.61. The lowest BCUT2D eigenvalue weighted by molar-refractivity contribution is -0.275. The van der Waals surface area contributed by atoms with E-state index in [9.17, 15) is 22.0 Å². The van der Waals surface area contributed by atoms with Crippen LogP contribution in [0.4, 0.5) is 22.0 Å². The SMILES string of the molecule is Fc1cc(F)c(OC(F)(F)F)cc1Cl. The van der Waals surface area contributed by atoms with Crippen molar-refractivity contribution in [3.05, 3.63) is 28.8 Å². The number of rotatable bonds is 1. The van der Waals surface area contributed by atoms with E-state index >= 15 is 0 Å². The van der Waals surface area contributed by atoms with E-state index in [2.05, 4.69) is 4.74 Å². The molecule has 7 heteroatoms. The summed E-state index contributed by atoms with van der Waals surface area (Å²) in [4.78, 5) is 0. The molecule has 0 aromatic heterocycles. The summed E-state index contributed by atoms with van der Waals surface area (Å²) in [5, 5.41) is -0.648. The summed E-state index contributed by atoms with van der Waals surface area (Å²) in [6.45, 7) is 0. The molecule has 0 N–H and O–H groups in total. The fourth-order valence-electron chi connectivity index (χ4n) is 0.707. The number of ether oxygens (including phenoxy) is 1. The van der Waals surface area contributed by atoms with Crippen LogP contribution >= 0.6 is 11.6 Å². The summed E-state index contributed by atoms with van der Waals surface area (Å²) in [7, 11) is 0. The second-order valence-corrected chi connectivity index (χ2v) is 2.65. The Hall–Kier alpha value is -1.04. The Bertz CT molecular complexity index is 349. The van der Waals surface area contributed by atoms with Crippen LogP contribution in [-0.4, -0.2) is 6.36 Å². The molecule has 0 saturated carbocycles. The van der Waals surface area contributed by atoms with E-state index in [1.54, 1.807) is 0 Å². The lowest BCUT2D eigenvalue weighted by Crippen LogP contribution is -2.18. The first kappa shape index (κ1) is 11.0. The maximum Gasteiger partial charge on any atom is 0.573 e. The number of alkyl halides is 3. The van der Waals surface area contributed by atoms with E-state index in [0.717, 1.165) is 0 Å². The van der Waals surface area contributed by atoms with Crippen LogP contribution in [0.15, 0.2) is 12.1 Å². The average molecular weight is 233 g/mol. The minimum atomic E-state index is -5.04. The van der Waals surface area contributed by atoms with E-state index < -0.39 is 28.8 Å². The van der Waals surface area contributed by atoms with Gasteiger partial charge in [-0.05, 0) is 0 Å². The van der Waals surface area contributed by atoms with Gasteiger partial charge in [-0.3, -0.25) is 0 Å². The molecule has 0 aliphatic heterocycles. The van der Waals surface area contributed by atoms with Gasteiger partial charge in [-0.1, -0.05) is 11.6 Å². The largest absolute Gasteiger partial charge is 0.573 e. The summed E-state index contributed by atoms with van der Waals surface area (Å²) in [5.41, 5.74) is 0. The van der Waals surface area contributed by atoms with Crippen molar-refractivity contribution in [1.82, 2.24) is 0 Å². The summed E-state index contributed by atoms with van der Waals surface area (Å²) in [6, 6.07) is 0.628. The van der Waals surface area contributed by atoms with Crippen molar-refractivity contribution in [1.29, 1.82) is 0 Å². The third-order valence-corrected chi connectivity index (χ3v) is 1.49. The molecule has 1 aromatic rings. The van der Waals surface area contributed by atoms with Gasteiger partial charge in [-0.2, -0.15) is 0 Å². The summed E-state index contributed by atoms with van der Waals surface area (Å²) >= 11 is 5.13. The number of hydrogen-bond donors (Lipinski definition) is 0. The number of benzene rings is 1. The third-order valence-electron chi connectivity index (χ3n) is 1.20. The third kappa shape index (κ3) is 2.73. The maximum absolute atomic E-state index is 12.6. The molecule has 0 fully saturated rings. The van der Waals surface area contributed by atoms with Gasteiger partial charge in [-0.15, -0.1) is 13.2 Å². The van der Waals surface area contributed by atoms with Gasteiger partial charge >= 0.3 is 6.36 Å². The van der Waals surface area contributed by atoms with E-state index in [1.807, 2.05) is 0 Å². The van der Waals surface area contributed by atoms with Gasteiger partial charge in [0.25, 0.3) is 0 Å². The summed E-state index contributed by atoms with van der Waals surface area (Å²) in [6.07, 6.45) is -5.04. The topological polar surface area (TPSA) is 9.23 Å². The Morgan fingerprint density at radius 3 is 2.14 bits per heavy atom. The highest BCUT2D eigenvalue weighted by molar-refractivity contribution is 6.30. The molecule has 0 bridgehead atoms. The predicted molar refractivity (Wildman–Crippen MR) is 38.1 cm³/mol. The smallest absolute Gasteiger partial charge is 0.403 e. The average Bonchev–Trinajstić information content (AvgIpc) is 1.97. The highest BCUT2D eigenvalue weighted by Gasteiger charge is 2.32. The molecule has 1 rings (SSSR count). The van der Waals surface area contributed by atoms with Crippen LogP contribution in [0, 0.1) is 11.6 Å². The quantitative estimate of drug-likeness (QED) is 0.532. The molecule has 0 aliphatic rings. The zero-order valence-corrected chi connectivity index (χ0v) is 7.09. The molecule has 0 atom stereocenters. The van der Waals surface area contributed by atoms with E-state index in [4.69, 9.17) is 11.6 Å². The van der Waals surface area contributed by atoms with Crippen molar-refractivity contribution < 1.29 is 26.7 Å². The summed E-state index contributed by atoms with van der Waals surface area (Å²) in [5.74, 6) is -3.79. The first-order valence-corrected chi connectivity index (χ1v) is 3.57. The highest BCUT2D eigenvalue weighted by Crippen LogP contribution is 2.29. The van der Waals surface area contributed by atoms with Gasteiger partial charge in [-0.25, -0.2) is 8.78 Å². The molecule has 0 saturated heterocycles. The number of hydrogen-bond acceptors (Lipinski definition) is 1. The van der Waals surface area contributed by atoms with Gasteiger partial charge in [0.2, 0.25) is 0 Å². The Balaban J connectivity index is 3.04. The zero-order valence-electron chi connectivity index (χ0n) is 6.33. The van der Waals surface area contributed by atoms with E-state index in [1.165, 1.54) is 0 Å². The molecule has 0 unspecified atom stereocenters. The van der Waals surface area contributed by atoms with Crippen LogP contribution in [0.1, 0.15) is 0 Å². The molecular formula is C7H2ClF5O.